The minimum atomic E-state index is -0.394. The van der Waals surface area contributed by atoms with Crippen molar-refractivity contribution in [2.24, 2.45) is 0 Å². The standard InChI is InChI=1S/C16H13FN2O2/c1-10-14-8-11(16(20)21-2)6-7-15(14)19(18-10)13-5-3-4-12(17)9-13/h3-9H,1-2H3. The van der Waals surface area contributed by atoms with E-state index in [2.05, 4.69) is 5.10 Å². The first-order chi connectivity index (χ1) is 10.1. The van der Waals surface area contributed by atoms with Crippen molar-refractivity contribution in [2.45, 2.75) is 6.92 Å². The summed E-state index contributed by atoms with van der Waals surface area (Å²) >= 11 is 0. The van der Waals surface area contributed by atoms with Gasteiger partial charge in [0.05, 0.1) is 29.6 Å². The molecule has 0 aliphatic rings. The van der Waals surface area contributed by atoms with Crippen molar-refractivity contribution in [1.82, 2.24) is 9.78 Å². The lowest BCUT2D eigenvalue weighted by Crippen LogP contribution is -2.01. The molecule has 0 aliphatic heterocycles. The van der Waals surface area contributed by atoms with Gasteiger partial charge in [-0.3, -0.25) is 0 Å². The van der Waals surface area contributed by atoms with Crippen molar-refractivity contribution in [1.29, 1.82) is 0 Å². The smallest absolute Gasteiger partial charge is 0.337 e. The number of hydrogen-bond donors (Lipinski definition) is 0. The van der Waals surface area contributed by atoms with E-state index in [9.17, 15) is 9.18 Å². The highest BCUT2D eigenvalue weighted by molar-refractivity contribution is 5.95. The number of methoxy groups -OCH3 is 1. The molecule has 0 bridgehead atoms. The summed E-state index contributed by atoms with van der Waals surface area (Å²) in [6.45, 7) is 1.85. The third kappa shape index (κ3) is 2.27. The monoisotopic (exact) mass is 284 g/mol. The number of carbonyl (C=O) groups excluding carboxylic acids is 1. The van der Waals surface area contributed by atoms with E-state index in [1.54, 1.807) is 35.0 Å². The first-order valence-electron chi connectivity index (χ1n) is 6.44. The number of halogens is 1. The number of carbonyl (C=O) groups is 1. The van der Waals surface area contributed by atoms with Crippen LogP contribution in [0.2, 0.25) is 0 Å². The molecule has 0 atom stereocenters. The molecule has 0 spiro atoms. The molecule has 2 aromatic carbocycles. The molecule has 0 saturated carbocycles. The van der Waals surface area contributed by atoms with Gasteiger partial charge in [-0.2, -0.15) is 5.10 Å². The van der Waals surface area contributed by atoms with Crippen molar-refractivity contribution in [2.75, 3.05) is 7.11 Å². The molecule has 0 amide bonds. The van der Waals surface area contributed by atoms with Gasteiger partial charge in [-0.1, -0.05) is 6.07 Å². The maximum Gasteiger partial charge on any atom is 0.337 e. The van der Waals surface area contributed by atoms with E-state index in [0.29, 0.717) is 11.3 Å². The molecule has 3 rings (SSSR count). The number of benzene rings is 2. The third-order valence-corrected chi connectivity index (χ3v) is 3.34. The Morgan fingerprint density at radius 2 is 2.05 bits per heavy atom. The number of fused-ring (bicyclic) bond motifs is 1. The lowest BCUT2D eigenvalue weighted by Gasteiger charge is -2.04. The van der Waals surface area contributed by atoms with Crippen LogP contribution in [0.1, 0.15) is 16.1 Å². The van der Waals surface area contributed by atoms with E-state index in [1.807, 2.05) is 6.92 Å². The van der Waals surface area contributed by atoms with Crippen LogP contribution < -0.4 is 0 Å². The van der Waals surface area contributed by atoms with Gasteiger partial charge >= 0.3 is 5.97 Å². The van der Waals surface area contributed by atoms with Crippen LogP contribution in [0.15, 0.2) is 42.5 Å². The molecular weight excluding hydrogens is 271 g/mol. The van der Waals surface area contributed by atoms with Crippen LogP contribution in [0.5, 0.6) is 0 Å². The van der Waals surface area contributed by atoms with Crippen molar-refractivity contribution in [3.63, 3.8) is 0 Å². The predicted octanol–water partition coefficient (Wildman–Crippen LogP) is 3.26. The lowest BCUT2D eigenvalue weighted by molar-refractivity contribution is 0.0601. The van der Waals surface area contributed by atoms with Crippen LogP contribution in [0.25, 0.3) is 16.6 Å². The number of rotatable bonds is 2. The number of nitrogens with zero attached hydrogens (tertiary/aromatic N) is 2. The Labute approximate surface area is 120 Å². The average molecular weight is 284 g/mol. The molecule has 0 saturated heterocycles. The summed E-state index contributed by atoms with van der Waals surface area (Å²) in [6.07, 6.45) is 0. The van der Waals surface area contributed by atoms with E-state index in [-0.39, 0.29) is 5.82 Å². The SMILES string of the molecule is COC(=O)c1ccc2c(c1)c(C)nn2-c1cccc(F)c1. The maximum atomic E-state index is 13.4. The Morgan fingerprint density at radius 1 is 1.24 bits per heavy atom. The number of esters is 1. The fourth-order valence-electron chi connectivity index (χ4n) is 2.32. The molecule has 0 fully saturated rings. The molecule has 0 radical (unpaired) electrons. The molecule has 1 heterocycles. The molecule has 106 valence electrons. The minimum Gasteiger partial charge on any atom is -0.465 e. The first-order valence-corrected chi connectivity index (χ1v) is 6.44. The molecule has 21 heavy (non-hydrogen) atoms. The van der Waals surface area contributed by atoms with Gasteiger partial charge in [-0.25, -0.2) is 13.9 Å². The molecule has 1 aromatic heterocycles. The second-order valence-corrected chi connectivity index (χ2v) is 4.70. The zero-order valence-corrected chi connectivity index (χ0v) is 11.6. The number of hydrogen-bond acceptors (Lipinski definition) is 3. The summed E-state index contributed by atoms with van der Waals surface area (Å²) in [4.78, 5) is 11.6. The quantitative estimate of drug-likeness (QED) is 0.678. The molecular formula is C16H13FN2O2. The Balaban J connectivity index is 2.20. The van der Waals surface area contributed by atoms with Gasteiger partial charge in [0, 0.05) is 5.39 Å². The maximum absolute atomic E-state index is 13.4. The van der Waals surface area contributed by atoms with E-state index in [0.717, 1.165) is 16.6 Å². The molecule has 3 aromatic rings. The van der Waals surface area contributed by atoms with Crippen molar-refractivity contribution in [3.05, 3.63) is 59.5 Å². The molecule has 0 N–H and O–H groups in total. The number of ether oxygens (including phenoxy) is 1. The van der Waals surface area contributed by atoms with Crippen molar-refractivity contribution in [3.8, 4) is 5.69 Å². The van der Waals surface area contributed by atoms with Crippen LogP contribution in [-0.2, 0) is 4.74 Å². The van der Waals surface area contributed by atoms with E-state index >= 15 is 0 Å². The normalized spacial score (nSPS) is 10.8. The Morgan fingerprint density at radius 3 is 2.76 bits per heavy atom. The molecule has 0 aliphatic carbocycles. The topological polar surface area (TPSA) is 44.1 Å². The summed E-state index contributed by atoms with van der Waals surface area (Å²) in [5, 5.41) is 5.26. The van der Waals surface area contributed by atoms with Gasteiger partial charge in [-0.15, -0.1) is 0 Å². The highest BCUT2D eigenvalue weighted by atomic mass is 19.1. The van der Waals surface area contributed by atoms with Crippen molar-refractivity contribution < 1.29 is 13.9 Å². The number of aryl methyl sites for hydroxylation is 1. The Bertz CT molecular complexity index is 839. The van der Waals surface area contributed by atoms with Crippen LogP contribution in [-0.4, -0.2) is 22.9 Å². The van der Waals surface area contributed by atoms with Crippen LogP contribution in [0, 0.1) is 12.7 Å². The van der Waals surface area contributed by atoms with E-state index in [4.69, 9.17) is 4.74 Å². The summed E-state index contributed by atoms with van der Waals surface area (Å²) in [5.74, 6) is -0.713. The Kier molecular flexibility index (Phi) is 3.17. The van der Waals surface area contributed by atoms with Gasteiger partial charge in [0.2, 0.25) is 0 Å². The Hall–Kier alpha value is -2.69. The lowest BCUT2D eigenvalue weighted by atomic mass is 10.1. The molecule has 0 unspecified atom stereocenters. The zero-order valence-electron chi connectivity index (χ0n) is 11.6. The largest absolute Gasteiger partial charge is 0.465 e. The van der Waals surface area contributed by atoms with E-state index < -0.39 is 5.97 Å². The van der Waals surface area contributed by atoms with Gasteiger partial charge in [0.25, 0.3) is 0 Å². The summed E-state index contributed by atoms with van der Waals surface area (Å²) in [6, 6.07) is 11.4. The van der Waals surface area contributed by atoms with Crippen LogP contribution >= 0.6 is 0 Å². The van der Waals surface area contributed by atoms with Crippen molar-refractivity contribution >= 4 is 16.9 Å². The second kappa shape index (κ2) is 5.01. The number of aromatic nitrogens is 2. The second-order valence-electron chi connectivity index (χ2n) is 4.70. The molecule has 4 nitrogen and oxygen atoms in total. The summed E-state index contributed by atoms with van der Waals surface area (Å²) in [7, 11) is 1.34. The average Bonchev–Trinajstić information content (AvgIpc) is 2.83. The van der Waals surface area contributed by atoms with Crippen LogP contribution in [0.3, 0.4) is 0 Å². The predicted molar refractivity (Wildman–Crippen MR) is 77.1 cm³/mol. The minimum absolute atomic E-state index is 0.319. The van der Waals surface area contributed by atoms with Gasteiger partial charge < -0.3 is 4.74 Å². The van der Waals surface area contributed by atoms with Gasteiger partial charge in [-0.05, 0) is 43.3 Å². The highest BCUT2D eigenvalue weighted by Gasteiger charge is 2.13. The third-order valence-electron chi connectivity index (χ3n) is 3.34. The highest BCUT2D eigenvalue weighted by Crippen LogP contribution is 2.23. The summed E-state index contributed by atoms with van der Waals surface area (Å²) < 4.78 is 19.8. The van der Waals surface area contributed by atoms with E-state index in [1.165, 1.54) is 19.2 Å². The fraction of sp³-hybridized carbons (Fsp3) is 0.125. The summed E-state index contributed by atoms with van der Waals surface area (Å²) in [5.41, 5.74) is 2.68. The molecule has 5 heteroatoms. The van der Waals surface area contributed by atoms with Gasteiger partial charge in [0.15, 0.2) is 0 Å². The first kappa shape index (κ1) is 13.3. The van der Waals surface area contributed by atoms with Crippen LogP contribution in [0.4, 0.5) is 4.39 Å². The fourth-order valence-corrected chi connectivity index (χ4v) is 2.32. The van der Waals surface area contributed by atoms with Gasteiger partial charge in [0.1, 0.15) is 5.82 Å². The zero-order chi connectivity index (χ0) is 15.0.